The number of rotatable bonds is 10. The fraction of sp³-hybridized carbons (Fsp3) is 0.559. The van der Waals surface area contributed by atoms with Crippen LogP contribution in [-0.2, 0) is 27.2 Å². The molecule has 2 aromatic carbocycles. The predicted octanol–water partition coefficient (Wildman–Crippen LogP) is 3.06. The normalized spacial score (nSPS) is 27.6. The average Bonchev–Trinajstić information content (AvgIpc) is 3.64. The highest BCUT2D eigenvalue weighted by atomic mass is 16.3. The maximum Gasteiger partial charge on any atom is 0.224 e. The molecule has 0 aromatic heterocycles. The van der Waals surface area contributed by atoms with Crippen LogP contribution in [0.15, 0.2) is 54.6 Å². The van der Waals surface area contributed by atoms with Crippen molar-refractivity contribution in [3.63, 3.8) is 0 Å². The largest absolute Gasteiger partial charge is 0.391 e. The molecular formula is C34H45N3O5. The molecule has 2 aromatic rings. The summed E-state index contributed by atoms with van der Waals surface area (Å²) in [4.78, 5) is 40.1. The van der Waals surface area contributed by atoms with E-state index in [1.807, 2.05) is 75.4 Å². The van der Waals surface area contributed by atoms with Gasteiger partial charge in [0.05, 0.1) is 30.1 Å². The molecule has 5 rings (SSSR count). The van der Waals surface area contributed by atoms with Gasteiger partial charge in [-0.3, -0.25) is 14.4 Å². The van der Waals surface area contributed by atoms with Gasteiger partial charge >= 0.3 is 0 Å². The number of aliphatic hydroxyl groups excluding tert-OH is 2. The van der Waals surface area contributed by atoms with Crippen LogP contribution >= 0.6 is 0 Å². The third-order valence-electron chi connectivity index (χ3n) is 9.29. The second kappa shape index (κ2) is 12.6. The number of carbonyl (C=O) groups is 3. The minimum atomic E-state index is -0.949. The minimum Gasteiger partial charge on any atom is -0.391 e. The van der Waals surface area contributed by atoms with Gasteiger partial charge in [0.2, 0.25) is 17.7 Å². The summed E-state index contributed by atoms with van der Waals surface area (Å²) in [5.74, 6) is -1.41. The van der Waals surface area contributed by atoms with E-state index in [4.69, 9.17) is 0 Å². The van der Waals surface area contributed by atoms with E-state index in [-0.39, 0.29) is 54.0 Å². The first kappa shape index (κ1) is 30.2. The van der Waals surface area contributed by atoms with Crippen molar-refractivity contribution in [3.05, 3.63) is 71.3 Å². The lowest BCUT2D eigenvalue weighted by atomic mass is 9.77. The maximum atomic E-state index is 13.6. The number of benzene rings is 2. The summed E-state index contributed by atoms with van der Waals surface area (Å²) >= 11 is 0. The summed E-state index contributed by atoms with van der Waals surface area (Å²) in [7, 11) is 0. The fourth-order valence-corrected chi connectivity index (χ4v) is 7.45. The predicted molar refractivity (Wildman–Crippen MR) is 160 cm³/mol. The van der Waals surface area contributed by atoms with Crippen molar-refractivity contribution in [2.75, 3.05) is 6.54 Å². The Hall–Kier alpha value is -3.23. The molecule has 2 saturated carbocycles. The van der Waals surface area contributed by atoms with E-state index in [2.05, 4.69) is 16.0 Å². The molecule has 0 heterocycles. The van der Waals surface area contributed by atoms with Gasteiger partial charge in [0.25, 0.3) is 0 Å². The lowest BCUT2D eigenvalue weighted by molar-refractivity contribution is -0.138. The van der Waals surface area contributed by atoms with E-state index in [0.717, 1.165) is 36.0 Å². The minimum absolute atomic E-state index is 0.00772. The van der Waals surface area contributed by atoms with Crippen LogP contribution in [0.25, 0.3) is 0 Å². The fourth-order valence-electron chi connectivity index (χ4n) is 7.45. The van der Waals surface area contributed by atoms with Crippen LogP contribution in [-0.4, -0.2) is 52.2 Å². The van der Waals surface area contributed by atoms with Gasteiger partial charge in [-0.25, -0.2) is 0 Å². The smallest absolute Gasteiger partial charge is 0.224 e. The Balaban J connectivity index is 1.23. The molecule has 0 aliphatic heterocycles. The zero-order valence-electron chi connectivity index (χ0n) is 24.9. The summed E-state index contributed by atoms with van der Waals surface area (Å²) in [5.41, 5.74) is 2.53. The molecule has 2 fully saturated rings. The van der Waals surface area contributed by atoms with Gasteiger partial charge < -0.3 is 26.2 Å². The molecule has 2 bridgehead atoms. The van der Waals surface area contributed by atoms with Gasteiger partial charge in [-0.2, -0.15) is 0 Å². The number of carbonyl (C=O) groups excluding carboxylic acids is 3. The Kier molecular flexibility index (Phi) is 9.04. The monoisotopic (exact) mass is 575 g/mol. The van der Waals surface area contributed by atoms with E-state index < -0.39 is 30.1 Å². The molecule has 42 heavy (non-hydrogen) atoms. The summed E-state index contributed by atoms with van der Waals surface area (Å²) in [5, 5.41) is 30.8. The van der Waals surface area contributed by atoms with Crippen LogP contribution in [0, 0.1) is 29.6 Å². The van der Waals surface area contributed by atoms with Crippen molar-refractivity contribution >= 4 is 17.7 Å². The van der Waals surface area contributed by atoms with Gasteiger partial charge in [0, 0.05) is 24.4 Å². The SMILES string of the molecule is CC(C)(C)NC(=O)[C@@H]1[C@@H]2CC[C@@H](C2)[C@H]1C(=O)NC[C@@H](O)C[C@H](Cc1ccccc1)C(=O)NC1c2ccccc2C[C@H]1O. The number of nitrogens with one attached hydrogen (secondary N) is 3. The zero-order chi connectivity index (χ0) is 30.0. The van der Waals surface area contributed by atoms with Gasteiger partial charge in [-0.1, -0.05) is 54.6 Å². The van der Waals surface area contributed by atoms with Crippen LogP contribution < -0.4 is 16.0 Å². The first-order valence-corrected chi connectivity index (χ1v) is 15.4. The second-order valence-corrected chi connectivity index (χ2v) is 13.6. The van der Waals surface area contributed by atoms with E-state index in [1.165, 1.54) is 0 Å². The first-order chi connectivity index (χ1) is 20.0. The topological polar surface area (TPSA) is 128 Å². The lowest BCUT2D eigenvalue weighted by Crippen LogP contribution is -2.50. The number of fused-ring (bicyclic) bond motifs is 3. The van der Waals surface area contributed by atoms with Gasteiger partial charge in [-0.15, -0.1) is 0 Å². The molecule has 226 valence electrons. The maximum absolute atomic E-state index is 13.6. The van der Waals surface area contributed by atoms with Crippen LogP contribution in [0.1, 0.15) is 69.2 Å². The lowest BCUT2D eigenvalue weighted by Gasteiger charge is -2.32. The van der Waals surface area contributed by atoms with Crippen LogP contribution in [0.3, 0.4) is 0 Å². The highest BCUT2D eigenvalue weighted by Crippen LogP contribution is 2.52. The second-order valence-electron chi connectivity index (χ2n) is 13.6. The van der Waals surface area contributed by atoms with Gasteiger partial charge in [0.1, 0.15) is 0 Å². The molecule has 3 amide bonds. The molecule has 1 unspecified atom stereocenters. The zero-order valence-corrected chi connectivity index (χ0v) is 24.9. The van der Waals surface area contributed by atoms with Crippen LogP contribution in [0.4, 0.5) is 0 Å². The summed E-state index contributed by atoms with van der Waals surface area (Å²) in [6, 6.07) is 16.9. The van der Waals surface area contributed by atoms with Crippen molar-refractivity contribution < 1.29 is 24.6 Å². The van der Waals surface area contributed by atoms with Crippen molar-refractivity contribution in [2.45, 2.75) is 83.1 Å². The molecule has 0 saturated heterocycles. The Morgan fingerprint density at radius 3 is 2.26 bits per heavy atom. The Morgan fingerprint density at radius 2 is 1.57 bits per heavy atom. The molecule has 0 spiro atoms. The Labute approximate surface area is 248 Å². The van der Waals surface area contributed by atoms with E-state index in [9.17, 15) is 24.6 Å². The average molecular weight is 576 g/mol. The first-order valence-electron chi connectivity index (χ1n) is 15.4. The molecule has 8 atom stereocenters. The molecule has 8 heteroatoms. The standard InChI is InChI=1S/C34H45N3O5/c1-34(2,3)37-33(42)29-23-14-13-22(16-23)28(29)32(41)35-19-25(38)17-24(15-20-9-5-4-6-10-20)31(40)36-30-26-12-8-7-11-21(26)18-27(30)39/h4-12,22-25,27-30,38-39H,13-19H2,1-3H3,(H,35,41)(H,36,40)(H,37,42)/t22-,23+,24-,25-,27+,28+,29+,30?/m0/s1. The third-order valence-corrected chi connectivity index (χ3v) is 9.29. The number of hydrogen-bond donors (Lipinski definition) is 5. The van der Waals surface area contributed by atoms with Crippen LogP contribution in [0.5, 0.6) is 0 Å². The molecule has 8 nitrogen and oxygen atoms in total. The summed E-state index contributed by atoms with van der Waals surface area (Å²) in [6.07, 6.45) is 2.19. The van der Waals surface area contributed by atoms with Crippen molar-refractivity contribution in [1.82, 2.24) is 16.0 Å². The Bertz CT molecular complexity index is 1280. The van der Waals surface area contributed by atoms with Crippen molar-refractivity contribution in [2.24, 2.45) is 29.6 Å². The van der Waals surface area contributed by atoms with Gasteiger partial charge in [-0.05, 0) is 81.4 Å². The number of aliphatic hydroxyl groups is 2. The van der Waals surface area contributed by atoms with Gasteiger partial charge in [0.15, 0.2) is 0 Å². The Morgan fingerprint density at radius 1 is 0.929 bits per heavy atom. The summed E-state index contributed by atoms with van der Waals surface area (Å²) in [6.45, 7) is 5.83. The molecule has 3 aliphatic carbocycles. The van der Waals surface area contributed by atoms with E-state index >= 15 is 0 Å². The van der Waals surface area contributed by atoms with E-state index in [0.29, 0.717) is 12.8 Å². The number of amides is 3. The quantitative estimate of drug-likeness (QED) is 0.298. The van der Waals surface area contributed by atoms with E-state index in [1.54, 1.807) is 0 Å². The van der Waals surface area contributed by atoms with Crippen LogP contribution in [0.2, 0.25) is 0 Å². The van der Waals surface area contributed by atoms with Crippen molar-refractivity contribution in [3.8, 4) is 0 Å². The third kappa shape index (κ3) is 6.87. The molecular weight excluding hydrogens is 530 g/mol. The van der Waals surface area contributed by atoms with Crippen molar-refractivity contribution in [1.29, 1.82) is 0 Å². The summed E-state index contributed by atoms with van der Waals surface area (Å²) < 4.78 is 0. The molecule has 0 radical (unpaired) electrons. The highest BCUT2D eigenvalue weighted by molar-refractivity contribution is 5.89. The molecule has 3 aliphatic rings. The number of hydrogen-bond acceptors (Lipinski definition) is 5. The highest BCUT2D eigenvalue weighted by Gasteiger charge is 2.54. The molecule has 5 N–H and O–H groups in total.